The Labute approximate surface area is 97.8 Å². The first-order chi connectivity index (χ1) is 6.99. The van der Waals surface area contributed by atoms with E-state index in [1.807, 2.05) is 0 Å². The van der Waals surface area contributed by atoms with Gasteiger partial charge in [0, 0.05) is 11.4 Å². The molecule has 1 rings (SSSR count). The number of nitrogens with one attached hydrogen (secondary N) is 1. The van der Waals surface area contributed by atoms with Crippen molar-refractivity contribution in [1.82, 2.24) is 0 Å². The fourth-order valence-electron chi connectivity index (χ4n) is 1.11. The maximum Gasteiger partial charge on any atom is 0.221 e. The summed E-state index contributed by atoms with van der Waals surface area (Å²) < 4.78 is 21.8. The number of thiol groups is 1. The number of hydrogen-bond acceptors (Lipinski definition) is 3. The second kappa shape index (κ2) is 5.27. The van der Waals surface area contributed by atoms with Crippen molar-refractivity contribution in [2.24, 2.45) is 0 Å². The zero-order valence-corrected chi connectivity index (χ0v) is 10.5. The molecule has 0 radical (unpaired) electrons. The molecule has 0 heterocycles. The molecule has 0 saturated carbocycles. The van der Waals surface area contributed by atoms with Gasteiger partial charge in [0.1, 0.15) is 10.7 Å². The van der Waals surface area contributed by atoms with E-state index in [-0.39, 0.29) is 11.7 Å². The molecule has 1 amide bonds. The first-order valence-corrected chi connectivity index (χ1v) is 6.32. The molecule has 82 valence electrons. The van der Waals surface area contributed by atoms with Crippen LogP contribution in [0.4, 0.5) is 5.69 Å². The molecule has 0 aliphatic heterocycles. The van der Waals surface area contributed by atoms with Crippen LogP contribution in [0.15, 0.2) is 22.7 Å². The van der Waals surface area contributed by atoms with E-state index < -0.39 is 10.7 Å². The molecule has 4 nitrogen and oxygen atoms in total. The maximum absolute atomic E-state index is 10.8. The maximum atomic E-state index is 10.8. The number of benzene rings is 1. The van der Waals surface area contributed by atoms with Crippen LogP contribution >= 0.6 is 15.9 Å². The van der Waals surface area contributed by atoms with E-state index in [4.69, 9.17) is 0 Å². The minimum atomic E-state index is -2.45. The van der Waals surface area contributed by atoms with E-state index in [0.29, 0.717) is 11.3 Å². The average Bonchev–Trinajstić information content (AvgIpc) is 2.09. The van der Waals surface area contributed by atoms with E-state index >= 15 is 0 Å². The molecule has 0 fully saturated rings. The summed E-state index contributed by atoms with van der Waals surface area (Å²) in [7, 11) is -2.45. The second-order valence-corrected chi connectivity index (χ2v) is 4.82. The van der Waals surface area contributed by atoms with Crippen LogP contribution in [0.5, 0.6) is 0 Å². The molecule has 0 saturated heterocycles. The highest BCUT2D eigenvalue weighted by molar-refractivity contribution is 9.10. The van der Waals surface area contributed by atoms with Gasteiger partial charge < -0.3 is 5.32 Å². The van der Waals surface area contributed by atoms with Gasteiger partial charge in [-0.15, -0.1) is 0 Å². The molecule has 6 heteroatoms. The fraction of sp³-hybridized carbons (Fsp3) is 0.222. The normalized spacial score (nSPS) is 10.3. The van der Waals surface area contributed by atoms with E-state index in [1.54, 1.807) is 18.2 Å². The van der Waals surface area contributed by atoms with Crippen molar-refractivity contribution >= 4 is 38.2 Å². The standard InChI is InChI=1S/C9H10BrNO3S/c1-6(12)11-9-4-7(5-15(13)14)2-3-8(9)10/h2-4,15H,5H2,1H3,(H,11,12). The molecule has 0 aromatic heterocycles. The lowest BCUT2D eigenvalue weighted by atomic mass is 10.2. The van der Waals surface area contributed by atoms with Crippen LogP contribution in [0.3, 0.4) is 0 Å². The Morgan fingerprint density at radius 1 is 1.47 bits per heavy atom. The summed E-state index contributed by atoms with van der Waals surface area (Å²) in [5.74, 6) is -0.214. The van der Waals surface area contributed by atoms with Crippen LogP contribution in [-0.4, -0.2) is 14.3 Å². The fourth-order valence-corrected chi connectivity index (χ4v) is 1.95. The smallest absolute Gasteiger partial charge is 0.221 e. The molecular weight excluding hydrogens is 282 g/mol. The lowest BCUT2D eigenvalue weighted by molar-refractivity contribution is -0.114. The Hall–Kier alpha value is -0.880. The van der Waals surface area contributed by atoms with Crippen molar-refractivity contribution in [2.45, 2.75) is 12.7 Å². The van der Waals surface area contributed by atoms with Gasteiger partial charge in [0.05, 0.1) is 11.4 Å². The van der Waals surface area contributed by atoms with Crippen molar-refractivity contribution in [3.63, 3.8) is 0 Å². The predicted molar refractivity (Wildman–Crippen MR) is 62.5 cm³/mol. The van der Waals surface area contributed by atoms with Gasteiger partial charge in [-0.25, -0.2) is 8.42 Å². The quantitative estimate of drug-likeness (QED) is 0.830. The summed E-state index contributed by atoms with van der Waals surface area (Å²) in [4.78, 5) is 10.8. The van der Waals surface area contributed by atoms with Gasteiger partial charge in [-0.1, -0.05) is 6.07 Å². The van der Waals surface area contributed by atoms with Crippen LogP contribution in [0.1, 0.15) is 12.5 Å². The highest BCUT2D eigenvalue weighted by atomic mass is 79.9. The number of hydrogen-bond donors (Lipinski definition) is 2. The van der Waals surface area contributed by atoms with Crippen LogP contribution in [0.25, 0.3) is 0 Å². The molecule has 0 aliphatic rings. The molecule has 15 heavy (non-hydrogen) atoms. The summed E-state index contributed by atoms with van der Waals surface area (Å²) >= 11 is 3.26. The Kier molecular flexibility index (Phi) is 4.28. The summed E-state index contributed by atoms with van der Waals surface area (Å²) in [5, 5.41) is 2.60. The summed E-state index contributed by atoms with van der Waals surface area (Å²) in [6.07, 6.45) is 0. The summed E-state index contributed by atoms with van der Waals surface area (Å²) in [6, 6.07) is 5.04. The number of anilines is 1. The molecule has 0 atom stereocenters. The molecule has 1 N–H and O–H groups in total. The van der Waals surface area contributed by atoms with Crippen LogP contribution in [0.2, 0.25) is 0 Å². The molecule has 0 spiro atoms. The van der Waals surface area contributed by atoms with Gasteiger partial charge in [0.2, 0.25) is 5.91 Å². The third-order valence-corrected chi connectivity index (χ3v) is 2.97. The monoisotopic (exact) mass is 291 g/mol. The number of carbonyl (C=O) groups excluding carboxylic acids is 1. The Morgan fingerprint density at radius 3 is 2.67 bits per heavy atom. The molecule has 1 aromatic rings. The Balaban J connectivity index is 2.99. The molecule has 1 aromatic carbocycles. The molecule has 0 aliphatic carbocycles. The highest BCUT2D eigenvalue weighted by Crippen LogP contribution is 2.23. The summed E-state index contributed by atoms with van der Waals surface area (Å²) in [6.45, 7) is 1.40. The largest absolute Gasteiger partial charge is 0.325 e. The third kappa shape index (κ3) is 4.01. The van der Waals surface area contributed by atoms with E-state index in [2.05, 4.69) is 21.2 Å². The number of amides is 1. The second-order valence-electron chi connectivity index (χ2n) is 2.99. The minimum absolute atomic E-state index is 0.0187. The van der Waals surface area contributed by atoms with Crippen LogP contribution in [0, 0.1) is 0 Å². The van der Waals surface area contributed by atoms with Crippen LogP contribution in [-0.2, 0) is 21.3 Å². The van der Waals surface area contributed by atoms with Crippen molar-refractivity contribution in [3.05, 3.63) is 28.2 Å². The van der Waals surface area contributed by atoms with Crippen molar-refractivity contribution < 1.29 is 13.2 Å². The Morgan fingerprint density at radius 2 is 2.13 bits per heavy atom. The molecule has 0 unspecified atom stereocenters. The molecule has 0 bridgehead atoms. The minimum Gasteiger partial charge on any atom is -0.325 e. The van der Waals surface area contributed by atoms with Gasteiger partial charge in [-0.05, 0) is 33.6 Å². The predicted octanol–water partition coefficient (Wildman–Crippen LogP) is 1.52. The van der Waals surface area contributed by atoms with Crippen molar-refractivity contribution in [3.8, 4) is 0 Å². The number of carbonyl (C=O) groups is 1. The topological polar surface area (TPSA) is 63.2 Å². The van der Waals surface area contributed by atoms with Gasteiger partial charge in [0.25, 0.3) is 0 Å². The Bertz CT molecular complexity index is 449. The third-order valence-electron chi connectivity index (χ3n) is 1.65. The van der Waals surface area contributed by atoms with Crippen LogP contribution < -0.4 is 5.32 Å². The lowest BCUT2D eigenvalue weighted by Gasteiger charge is -2.06. The number of rotatable bonds is 3. The van der Waals surface area contributed by atoms with Crippen molar-refractivity contribution in [2.75, 3.05) is 5.32 Å². The first kappa shape index (κ1) is 12.2. The lowest BCUT2D eigenvalue weighted by Crippen LogP contribution is -2.06. The van der Waals surface area contributed by atoms with Gasteiger partial charge >= 0.3 is 0 Å². The summed E-state index contributed by atoms with van der Waals surface area (Å²) in [5.41, 5.74) is 1.23. The molecular formula is C9H10BrNO3S. The zero-order valence-electron chi connectivity index (χ0n) is 7.99. The highest BCUT2D eigenvalue weighted by Gasteiger charge is 2.03. The first-order valence-electron chi connectivity index (χ1n) is 4.17. The van der Waals surface area contributed by atoms with E-state index in [9.17, 15) is 13.2 Å². The number of halogens is 1. The van der Waals surface area contributed by atoms with E-state index in [0.717, 1.165) is 4.47 Å². The van der Waals surface area contributed by atoms with Crippen molar-refractivity contribution in [1.29, 1.82) is 0 Å². The average molecular weight is 292 g/mol. The SMILES string of the molecule is CC(=O)Nc1cc(C[SH](=O)=O)ccc1Br. The van der Waals surface area contributed by atoms with Gasteiger partial charge in [-0.3, -0.25) is 4.79 Å². The van der Waals surface area contributed by atoms with E-state index in [1.165, 1.54) is 6.92 Å². The van der Waals surface area contributed by atoms with Gasteiger partial charge in [0.15, 0.2) is 0 Å². The van der Waals surface area contributed by atoms with Gasteiger partial charge in [-0.2, -0.15) is 0 Å². The zero-order chi connectivity index (χ0) is 11.4.